The summed E-state index contributed by atoms with van der Waals surface area (Å²) in [5, 5.41) is 3.38. The van der Waals surface area contributed by atoms with E-state index in [4.69, 9.17) is 12.2 Å². The number of nitrogens with zero attached hydrogens (tertiary/aromatic N) is 1. The molecule has 146 valence electrons. The molecule has 5 nitrogen and oxygen atoms in total. The van der Waals surface area contributed by atoms with Gasteiger partial charge in [-0.2, -0.15) is 0 Å². The Morgan fingerprint density at radius 1 is 1.14 bits per heavy atom. The first-order chi connectivity index (χ1) is 13.5. The highest BCUT2D eigenvalue weighted by atomic mass is 32.1. The second-order valence-electron chi connectivity index (χ2n) is 6.97. The van der Waals surface area contributed by atoms with E-state index >= 15 is 0 Å². The smallest absolute Gasteiger partial charge is 0.262 e. The van der Waals surface area contributed by atoms with Gasteiger partial charge < -0.3 is 10.3 Å². The molecule has 0 radical (unpaired) electrons. The molecule has 0 aliphatic rings. The predicted octanol–water partition coefficient (Wildman–Crippen LogP) is 4.99. The van der Waals surface area contributed by atoms with Gasteiger partial charge in [0.25, 0.3) is 5.56 Å². The Kier molecular flexibility index (Phi) is 6.41. The molecule has 1 heterocycles. The van der Waals surface area contributed by atoms with E-state index in [1.165, 1.54) is 29.4 Å². The summed E-state index contributed by atoms with van der Waals surface area (Å²) in [6.07, 6.45) is 4.63. The van der Waals surface area contributed by atoms with E-state index in [2.05, 4.69) is 17.2 Å². The Morgan fingerprint density at radius 2 is 1.86 bits per heavy atom. The quantitative estimate of drug-likeness (QED) is 0.437. The van der Waals surface area contributed by atoms with E-state index in [1.54, 1.807) is 25.1 Å². The maximum Gasteiger partial charge on any atom is 0.262 e. The van der Waals surface area contributed by atoms with Gasteiger partial charge in [-0.15, -0.1) is 0 Å². The van der Waals surface area contributed by atoms with Crippen molar-refractivity contribution in [3.8, 4) is 0 Å². The number of carbonyl (C=O) groups is 1. The number of carbonyl (C=O) groups excluding carboxylic acids is 1. The van der Waals surface area contributed by atoms with Crippen LogP contribution in [0, 0.1) is 4.77 Å². The van der Waals surface area contributed by atoms with Crippen molar-refractivity contribution >= 4 is 34.7 Å². The van der Waals surface area contributed by atoms with Gasteiger partial charge in [-0.1, -0.05) is 44.0 Å². The third-order valence-corrected chi connectivity index (χ3v) is 5.19. The van der Waals surface area contributed by atoms with Gasteiger partial charge in [0, 0.05) is 5.69 Å². The molecule has 0 saturated carbocycles. The number of unbranched alkanes of at least 4 members (excludes halogenated alkanes) is 2. The van der Waals surface area contributed by atoms with Crippen LogP contribution in [0.5, 0.6) is 0 Å². The molecular weight excluding hydrogens is 370 g/mol. The molecule has 0 fully saturated rings. The summed E-state index contributed by atoms with van der Waals surface area (Å²) in [4.78, 5) is 28.6. The van der Waals surface area contributed by atoms with Crippen molar-refractivity contribution in [3.63, 3.8) is 0 Å². The number of hydrogen-bond acceptors (Lipinski definition) is 3. The van der Waals surface area contributed by atoms with Crippen molar-refractivity contribution in [1.82, 2.24) is 9.55 Å². The van der Waals surface area contributed by atoms with Crippen LogP contribution in [0.15, 0.2) is 53.3 Å². The number of anilines is 1. The van der Waals surface area contributed by atoms with Gasteiger partial charge in [-0.3, -0.25) is 14.2 Å². The number of aryl methyl sites for hydroxylation is 1. The maximum atomic E-state index is 12.8. The zero-order valence-electron chi connectivity index (χ0n) is 16.2. The van der Waals surface area contributed by atoms with Crippen molar-refractivity contribution in [1.29, 1.82) is 0 Å². The highest BCUT2D eigenvalue weighted by Crippen LogP contribution is 2.15. The molecule has 28 heavy (non-hydrogen) atoms. The van der Waals surface area contributed by atoms with Crippen molar-refractivity contribution in [3.05, 3.63) is 69.2 Å². The van der Waals surface area contributed by atoms with Crippen LogP contribution in [-0.4, -0.2) is 15.5 Å². The number of hydrogen-bond donors (Lipinski definition) is 2. The second kappa shape index (κ2) is 8.97. The highest BCUT2D eigenvalue weighted by molar-refractivity contribution is 7.71. The molecule has 1 unspecified atom stereocenters. The number of aromatic nitrogens is 2. The fourth-order valence-corrected chi connectivity index (χ4v) is 3.58. The van der Waals surface area contributed by atoms with Crippen LogP contribution in [-0.2, 0) is 11.2 Å². The molecule has 1 atom stereocenters. The zero-order valence-corrected chi connectivity index (χ0v) is 17.0. The monoisotopic (exact) mass is 395 g/mol. The summed E-state index contributed by atoms with van der Waals surface area (Å²) in [5.74, 6) is -0.282. The number of amides is 1. The molecule has 0 spiro atoms. The number of fused-ring (bicyclic) bond motifs is 1. The zero-order chi connectivity index (χ0) is 20.1. The van der Waals surface area contributed by atoms with E-state index in [-0.39, 0.29) is 16.2 Å². The minimum absolute atomic E-state index is 0.234. The lowest BCUT2D eigenvalue weighted by Crippen LogP contribution is -2.32. The third kappa shape index (κ3) is 4.39. The standard InChI is InChI=1S/C22H25N3O2S/c1-3-4-5-8-16-11-13-17(14-12-16)23-20(26)15(2)25-21(27)18-9-6-7-10-19(18)24-22(25)28/h6-7,9-15H,3-5,8H2,1-2H3,(H,23,26)(H,24,28). The molecule has 0 aliphatic carbocycles. The molecule has 2 aromatic carbocycles. The molecule has 6 heteroatoms. The number of rotatable bonds is 7. The Hall–Kier alpha value is -2.73. The number of para-hydroxylation sites is 1. The van der Waals surface area contributed by atoms with Crippen LogP contribution in [0.3, 0.4) is 0 Å². The Balaban J connectivity index is 1.77. The molecule has 3 rings (SSSR count). The molecule has 3 aromatic rings. The second-order valence-corrected chi connectivity index (χ2v) is 7.36. The normalized spacial score (nSPS) is 12.1. The lowest BCUT2D eigenvalue weighted by Gasteiger charge is -2.16. The average molecular weight is 396 g/mol. The number of H-pyrrole nitrogens is 1. The van der Waals surface area contributed by atoms with Gasteiger partial charge in [0.2, 0.25) is 5.91 Å². The highest BCUT2D eigenvalue weighted by Gasteiger charge is 2.19. The number of benzene rings is 2. The first-order valence-electron chi connectivity index (χ1n) is 9.64. The fourth-order valence-electron chi connectivity index (χ4n) is 3.23. The summed E-state index contributed by atoms with van der Waals surface area (Å²) in [5.41, 5.74) is 2.36. The van der Waals surface area contributed by atoms with E-state index < -0.39 is 6.04 Å². The van der Waals surface area contributed by atoms with Crippen LogP contribution in [0.4, 0.5) is 5.69 Å². The van der Waals surface area contributed by atoms with E-state index in [0.717, 1.165) is 6.42 Å². The SMILES string of the molecule is CCCCCc1ccc(NC(=O)C(C)n2c(=S)[nH]c3ccccc3c2=O)cc1. The first-order valence-corrected chi connectivity index (χ1v) is 10.1. The predicted molar refractivity (Wildman–Crippen MR) is 116 cm³/mol. The summed E-state index contributed by atoms with van der Waals surface area (Å²) < 4.78 is 1.56. The van der Waals surface area contributed by atoms with Gasteiger partial charge in [-0.25, -0.2) is 0 Å². The van der Waals surface area contributed by atoms with Crippen molar-refractivity contribution < 1.29 is 4.79 Å². The molecule has 0 saturated heterocycles. The van der Waals surface area contributed by atoms with Crippen molar-refractivity contribution in [2.45, 2.75) is 45.6 Å². The summed E-state index contributed by atoms with van der Waals surface area (Å²) in [7, 11) is 0. The average Bonchev–Trinajstić information content (AvgIpc) is 2.69. The van der Waals surface area contributed by atoms with Crippen molar-refractivity contribution in [2.75, 3.05) is 5.32 Å². The fraction of sp³-hybridized carbons (Fsp3) is 0.318. The molecule has 0 bridgehead atoms. The van der Waals surface area contributed by atoms with E-state index in [1.807, 2.05) is 30.3 Å². The van der Waals surface area contributed by atoms with Gasteiger partial charge in [0.15, 0.2) is 4.77 Å². The minimum atomic E-state index is -0.731. The van der Waals surface area contributed by atoms with Gasteiger partial charge in [-0.05, 0) is 61.8 Å². The minimum Gasteiger partial charge on any atom is -0.332 e. The first kappa shape index (κ1) is 20.0. The van der Waals surface area contributed by atoms with Gasteiger partial charge in [0.1, 0.15) is 6.04 Å². The largest absolute Gasteiger partial charge is 0.332 e. The molecular formula is C22H25N3O2S. The Labute approximate surface area is 169 Å². The molecule has 0 aliphatic heterocycles. The van der Waals surface area contributed by atoms with Crippen LogP contribution in [0.25, 0.3) is 10.9 Å². The Bertz CT molecular complexity index is 1080. The van der Waals surface area contributed by atoms with E-state index in [0.29, 0.717) is 16.6 Å². The van der Waals surface area contributed by atoms with Crippen LogP contribution >= 0.6 is 12.2 Å². The maximum absolute atomic E-state index is 12.8. The summed E-state index contributed by atoms with van der Waals surface area (Å²) in [6, 6.07) is 14.3. The van der Waals surface area contributed by atoms with Gasteiger partial charge >= 0.3 is 0 Å². The molecule has 2 N–H and O–H groups in total. The Morgan fingerprint density at radius 3 is 2.57 bits per heavy atom. The van der Waals surface area contributed by atoms with E-state index in [9.17, 15) is 9.59 Å². The lowest BCUT2D eigenvalue weighted by molar-refractivity contribution is -0.118. The van der Waals surface area contributed by atoms with Crippen molar-refractivity contribution in [2.24, 2.45) is 0 Å². The van der Waals surface area contributed by atoms with Crippen LogP contribution < -0.4 is 10.9 Å². The van der Waals surface area contributed by atoms with Crippen LogP contribution in [0.1, 0.15) is 44.7 Å². The van der Waals surface area contributed by atoms with Gasteiger partial charge in [0.05, 0.1) is 10.9 Å². The third-order valence-electron chi connectivity index (χ3n) is 4.89. The topological polar surface area (TPSA) is 66.9 Å². The summed E-state index contributed by atoms with van der Waals surface area (Å²) in [6.45, 7) is 3.86. The number of aromatic amines is 1. The summed E-state index contributed by atoms with van der Waals surface area (Å²) >= 11 is 5.32. The molecule has 1 aromatic heterocycles. The number of nitrogens with one attached hydrogen (secondary N) is 2. The lowest BCUT2D eigenvalue weighted by atomic mass is 10.1. The van der Waals surface area contributed by atoms with Crippen LogP contribution in [0.2, 0.25) is 0 Å². The molecule has 1 amide bonds.